The zero-order valence-electron chi connectivity index (χ0n) is 5.14. The van der Waals surface area contributed by atoms with Crippen LogP contribution in [0.25, 0.3) is 0 Å². The summed E-state index contributed by atoms with van der Waals surface area (Å²) in [4.78, 5) is 9.89. The topological polar surface area (TPSA) is 37.3 Å². The van der Waals surface area contributed by atoms with Crippen LogP contribution in [0.1, 0.15) is 13.8 Å². The van der Waals surface area contributed by atoms with Crippen LogP contribution < -0.4 is 0 Å². The van der Waals surface area contributed by atoms with Gasteiger partial charge in [0.05, 0.1) is 5.60 Å². The monoisotopic (exact) mass is 114 g/mol. The molecule has 0 aliphatic rings. The van der Waals surface area contributed by atoms with Gasteiger partial charge in [0.25, 0.3) is 0 Å². The predicted octanol–water partition coefficient (Wildman–Crippen LogP) is 0.512. The molecule has 0 saturated carbocycles. The third-order valence-electron chi connectivity index (χ3n) is 0.928. The predicted molar refractivity (Wildman–Crippen MR) is 31.5 cm³/mol. The maximum atomic E-state index is 9.89. The Balaban J connectivity index is 4.02. The number of aldehydes is 1. The maximum Gasteiger partial charge on any atom is 0.148 e. The summed E-state index contributed by atoms with van der Waals surface area (Å²) in [6.45, 7) is 6.36. The number of hydrogen-bond donors (Lipinski definition) is 1. The van der Waals surface area contributed by atoms with Gasteiger partial charge in [-0.3, -0.25) is 4.79 Å². The third-order valence-corrected chi connectivity index (χ3v) is 0.928. The standard InChI is InChI=1S/C6H10O2/c1-5(4-7)6(2,3)8/h4,8H,1H2,2-3H3. The Morgan fingerprint density at radius 2 is 2.12 bits per heavy atom. The molecular formula is C6H10O2. The van der Waals surface area contributed by atoms with Crippen molar-refractivity contribution < 1.29 is 9.90 Å². The van der Waals surface area contributed by atoms with Crippen molar-refractivity contribution in [1.29, 1.82) is 0 Å². The summed E-state index contributed by atoms with van der Waals surface area (Å²) in [5.74, 6) is 0. The number of aliphatic hydroxyl groups is 1. The Bertz CT molecular complexity index is 108. The number of carbonyl (C=O) groups is 1. The molecule has 0 aliphatic heterocycles. The van der Waals surface area contributed by atoms with Crippen molar-refractivity contribution in [1.82, 2.24) is 0 Å². The molecule has 0 aromatic heterocycles. The molecule has 0 aliphatic carbocycles. The van der Waals surface area contributed by atoms with Gasteiger partial charge < -0.3 is 5.11 Å². The quantitative estimate of drug-likeness (QED) is 0.419. The molecule has 0 aromatic rings. The molecule has 0 rings (SSSR count). The first kappa shape index (κ1) is 7.37. The molecule has 2 nitrogen and oxygen atoms in total. The van der Waals surface area contributed by atoms with Crippen LogP contribution >= 0.6 is 0 Å². The lowest BCUT2D eigenvalue weighted by molar-refractivity contribution is -0.106. The SMILES string of the molecule is C=C(C=O)C(C)(C)O. The van der Waals surface area contributed by atoms with Crippen LogP contribution in [0.2, 0.25) is 0 Å². The fourth-order valence-electron chi connectivity index (χ4n) is 0.144. The highest BCUT2D eigenvalue weighted by molar-refractivity contribution is 5.74. The van der Waals surface area contributed by atoms with Crippen LogP contribution in [-0.2, 0) is 4.79 Å². The molecule has 8 heavy (non-hydrogen) atoms. The van der Waals surface area contributed by atoms with Crippen molar-refractivity contribution in [2.24, 2.45) is 0 Å². The van der Waals surface area contributed by atoms with E-state index in [-0.39, 0.29) is 5.57 Å². The summed E-state index contributed by atoms with van der Waals surface area (Å²) in [5.41, 5.74) is -0.848. The molecule has 1 N–H and O–H groups in total. The first-order valence-electron chi connectivity index (χ1n) is 2.35. The van der Waals surface area contributed by atoms with Crippen LogP contribution in [0.5, 0.6) is 0 Å². The molecule has 0 radical (unpaired) electrons. The fourth-order valence-corrected chi connectivity index (χ4v) is 0.144. The molecule has 46 valence electrons. The molecule has 0 unspecified atom stereocenters. The minimum absolute atomic E-state index is 0.206. The van der Waals surface area contributed by atoms with Gasteiger partial charge in [-0.05, 0) is 13.8 Å². The molecule has 0 aromatic carbocycles. The molecule has 0 fully saturated rings. The maximum absolute atomic E-state index is 9.89. The van der Waals surface area contributed by atoms with Crippen LogP contribution in [0.15, 0.2) is 12.2 Å². The lowest BCUT2D eigenvalue weighted by Gasteiger charge is -2.14. The van der Waals surface area contributed by atoms with Gasteiger partial charge >= 0.3 is 0 Å². The van der Waals surface area contributed by atoms with Gasteiger partial charge in [-0.15, -0.1) is 0 Å². The Morgan fingerprint density at radius 1 is 1.75 bits per heavy atom. The second kappa shape index (κ2) is 2.09. The minimum atomic E-state index is -1.05. The van der Waals surface area contributed by atoms with E-state index in [1.54, 1.807) is 0 Å². The molecular weight excluding hydrogens is 104 g/mol. The highest BCUT2D eigenvalue weighted by atomic mass is 16.3. The van der Waals surface area contributed by atoms with Crippen molar-refractivity contribution in [3.63, 3.8) is 0 Å². The van der Waals surface area contributed by atoms with Gasteiger partial charge in [-0.1, -0.05) is 6.58 Å². The molecule has 0 saturated heterocycles. The van der Waals surface area contributed by atoms with Gasteiger partial charge in [0.2, 0.25) is 0 Å². The zero-order valence-corrected chi connectivity index (χ0v) is 5.14. The highest BCUT2D eigenvalue weighted by Gasteiger charge is 2.15. The summed E-state index contributed by atoms with van der Waals surface area (Å²) >= 11 is 0. The lowest BCUT2D eigenvalue weighted by Crippen LogP contribution is -2.21. The summed E-state index contributed by atoms with van der Waals surface area (Å²) < 4.78 is 0. The number of rotatable bonds is 2. The van der Waals surface area contributed by atoms with Crippen LogP contribution in [0.3, 0.4) is 0 Å². The van der Waals surface area contributed by atoms with Gasteiger partial charge in [0.15, 0.2) is 0 Å². The first-order valence-corrected chi connectivity index (χ1v) is 2.35. The van der Waals surface area contributed by atoms with E-state index in [0.29, 0.717) is 6.29 Å². The first-order chi connectivity index (χ1) is 3.48. The number of hydrogen-bond acceptors (Lipinski definition) is 2. The van der Waals surface area contributed by atoms with Crippen molar-refractivity contribution in [2.75, 3.05) is 0 Å². The smallest absolute Gasteiger partial charge is 0.148 e. The summed E-state index contributed by atoms with van der Waals surface area (Å²) in [6.07, 6.45) is 0.556. The molecule has 2 heteroatoms. The molecule has 0 bridgehead atoms. The van der Waals surface area contributed by atoms with Crippen molar-refractivity contribution in [2.45, 2.75) is 19.4 Å². The Hall–Kier alpha value is -0.630. The minimum Gasteiger partial charge on any atom is -0.386 e. The summed E-state index contributed by atoms with van der Waals surface area (Å²) in [6, 6.07) is 0. The second-order valence-electron chi connectivity index (χ2n) is 2.20. The van der Waals surface area contributed by atoms with Gasteiger partial charge in [-0.25, -0.2) is 0 Å². The van der Waals surface area contributed by atoms with E-state index in [2.05, 4.69) is 6.58 Å². The normalized spacial score (nSPS) is 10.9. The Kier molecular flexibility index (Phi) is 1.93. The zero-order chi connectivity index (χ0) is 6.78. The molecule has 0 amide bonds. The van der Waals surface area contributed by atoms with Crippen molar-refractivity contribution in [3.05, 3.63) is 12.2 Å². The van der Waals surface area contributed by atoms with Crippen molar-refractivity contribution >= 4 is 6.29 Å². The van der Waals surface area contributed by atoms with Gasteiger partial charge in [0, 0.05) is 5.57 Å². The van der Waals surface area contributed by atoms with Gasteiger partial charge in [-0.2, -0.15) is 0 Å². The van der Waals surface area contributed by atoms with E-state index in [4.69, 9.17) is 5.11 Å². The van der Waals surface area contributed by atoms with E-state index >= 15 is 0 Å². The van der Waals surface area contributed by atoms with Gasteiger partial charge in [0.1, 0.15) is 6.29 Å². The van der Waals surface area contributed by atoms with Crippen molar-refractivity contribution in [3.8, 4) is 0 Å². The van der Waals surface area contributed by atoms with E-state index in [1.807, 2.05) is 0 Å². The Morgan fingerprint density at radius 3 is 2.12 bits per heavy atom. The molecule has 0 atom stereocenters. The third kappa shape index (κ3) is 1.89. The highest BCUT2D eigenvalue weighted by Crippen LogP contribution is 2.09. The van der Waals surface area contributed by atoms with E-state index < -0.39 is 5.60 Å². The second-order valence-corrected chi connectivity index (χ2v) is 2.20. The lowest BCUT2D eigenvalue weighted by atomic mass is 10.0. The van der Waals surface area contributed by atoms with E-state index in [0.717, 1.165) is 0 Å². The summed E-state index contributed by atoms with van der Waals surface area (Å²) in [7, 11) is 0. The average Bonchev–Trinajstić information content (AvgIpc) is 1.62. The number of carbonyl (C=O) groups excluding carboxylic acids is 1. The van der Waals surface area contributed by atoms with Crippen LogP contribution in [0, 0.1) is 0 Å². The molecule has 0 spiro atoms. The Labute approximate surface area is 48.8 Å². The van der Waals surface area contributed by atoms with Crippen LogP contribution in [0.4, 0.5) is 0 Å². The summed E-state index contributed by atoms with van der Waals surface area (Å²) in [5, 5.41) is 8.96. The van der Waals surface area contributed by atoms with E-state index in [9.17, 15) is 4.79 Å². The van der Waals surface area contributed by atoms with Crippen LogP contribution in [-0.4, -0.2) is 17.0 Å². The van der Waals surface area contributed by atoms with E-state index in [1.165, 1.54) is 13.8 Å². The largest absolute Gasteiger partial charge is 0.386 e. The average molecular weight is 114 g/mol. The molecule has 0 heterocycles. The fraction of sp³-hybridized carbons (Fsp3) is 0.500.